The number of benzene rings is 2. The van der Waals surface area contributed by atoms with Crippen LogP contribution in [0.4, 0.5) is 0 Å². The van der Waals surface area contributed by atoms with E-state index in [0.29, 0.717) is 35.8 Å². The highest BCUT2D eigenvalue weighted by atomic mass is 79.9. The van der Waals surface area contributed by atoms with Gasteiger partial charge in [0.05, 0.1) is 18.8 Å². The molecule has 0 fully saturated rings. The average Bonchev–Trinajstić information content (AvgIpc) is 2.62. The van der Waals surface area contributed by atoms with Gasteiger partial charge in [-0.3, -0.25) is 0 Å². The molecule has 2 aromatic carbocycles. The van der Waals surface area contributed by atoms with Crippen LogP contribution in [0, 0.1) is 0 Å². The summed E-state index contributed by atoms with van der Waals surface area (Å²) in [5, 5.41) is 0. The van der Waals surface area contributed by atoms with Gasteiger partial charge in [-0.15, -0.1) is 0 Å². The monoisotopic (exact) mass is 406 g/mol. The molecule has 2 aromatic rings. The minimum atomic E-state index is -0.536. The van der Waals surface area contributed by atoms with Crippen LogP contribution in [0.25, 0.3) is 0 Å². The summed E-state index contributed by atoms with van der Waals surface area (Å²) in [4.78, 5) is 24.2. The Morgan fingerprint density at radius 2 is 1.72 bits per heavy atom. The van der Waals surface area contributed by atoms with E-state index in [0.717, 1.165) is 10.9 Å². The van der Waals surface area contributed by atoms with Gasteiger partial charge in [-0.1, -0.05) is 22.9 Å². The standard InChI is InChI=1S/C19H19BrO5/c1-3-11-24-18(21)13-5-8-15(9-6-13)25-19(22)16-12-14(20)7-10-17(16)23-4-2/h5-10,12H,3-4,11H2,1-2H3. The van der Waals surface area contributed by atoms with Crippen molar-refractivity contribution < 1.29 is 23.8 Å². The first-order valence-corrected chi connectivity index (χ1v) is 8.76. The van der Waals surface area contributed by atoms with Gasteiger partial charge in [0.25, 0.3) is 0 Å². The molecular formula is C19H19BrO5. The van der Waals surface area contributed by atoms with E-state index in [1.54, 1.807) is 42.5 Å². The van der Waals surface area contributed by atoms with Crippen LogP contribution in [-0.2, 0) is 4.74 Å². The molecule has 0 bridgehead atoms. The minimum absolute atomic E-state index is 0.322. The molecule has 0 aliphatic carbocycles. The van der Waals surface area contributed by atoms with Gasteiger partial charge in [0, 0.05) is 4.47 Å². The van der Waals surface area contributed by atoms with Gasteiger partial charge in [-0.25, -0.2) is 9.59 Å². The van der Waals surface area contributed by atoms with Gasteiger partial charge in [-0.2, -0.15) is 0 Å². The van der Waals surface area contributed by atoms with Crippen molar-refractivity contribution in [1.82, 2.24) is 0 Å². The molecule has 0 aliphatic rings. The van der Waals surface area contributed by atoms with E-state index in [9.17, 15) is 9.59 Å². The Morgan fingerprint density at radius 3 is 2.36 bits per heavy atom. The lowest BCUT2D eigenvalue weighted by atomic mass is 10.2. The molecule has 0 atom stereocenters. The van der Waals surface area contributed by atoms with E-state index in [1.165, 1.54) is 0 Å². The number of halogens is 1. The predicted octanol–water partition coefficient (Wildman–Crippen LogP) is 4.63. The van der Waals surface area contributed by atoms with E-state index in [-0.39, 0.29) is 0 Å². The lowest BCUT2D eigenvalue weighted by Gasteiger charge is -2.10. The molecule has 0 heterocycles. The van der Waals surface area contributed by atoms with Crippen LogP contribution < -0.4 is 9.47 Å². The Hall–Kier alpha value is -2.34. The molecule has 0 aromatic heterocycles. The molecule has 0 spiro atoms. The Morgan fingerprint density at radius 1 is 1.00 bits per heavy atom. The van der Waals surface area contributed by atoms with Crippen LogP contribution in [0.15, 0.2) is 46.9 Å². The first kappa shape index (κ1) is 19.0. The average molecular weight is 407 g/mol. The highest BCUT2D eigenvalue weighted by Crippen LogP contribution is 2.25. The third kappa shape index (κ3) is 5.32. The fraction of sp³-hybridized carbons (Fsp3) is 0.263. The van der Waals surface area contributed by atoms with Crippen molar-refractivity contribution in [2.24, 2.45) is 0 Å². The zero-order valence-electron chi connectivity index (χ0n) is 14.1. The molecule has 0 amide bonds. The number of esters is 2. The lowest BCUT2D eigenvalue weighted by Crippen LogP contribution is -2.11. The summed E-state index contributed by atoms with van der Waals surface area (Å²) in [5.41, 5.74) is 0.730. The summed E-state index contributed by atoms with van der Waals surface area (Å²) >= 11 is 3.33. The van der Waals surface area contributed by atoms with Gasteiger partial charge in [0.1, 0.15) is 17.1 Å². The maximum atomic E-state index is 12.4. The van der Waals surface area contributed by atoms with Crippen LogP contribution in [0.1, 0.15) is 41.0 Å². The van der Waals surface area contributed by atoms with Crippen LogP contribution in [0.3, 0.4) is 0 Å². The van der Waals surface area contributed by atoms with Gasteiger partial charge in [0.2, 0.25) is 0 Å². The molecule has 0 radical (unpaired) electrons. The van der Waals surface area contributed by atoms with Crippen LogP contribution in [0.2, 0.25) is 0 Å². The van der Waals surface area contributed by atoms with Crippen molar-refractivity contribution in [2.45, 2.75) is 20.3 Å². The van der Waals surface area contributed by atoms with E-state index in [2.05, 4.69) is 15.9 Å². The molecule has 0 N–H and O–H groups in total. The molecule has 0 saturated heterocycles. The summed E-state index contributed by atoms with van der Waals surface area (Å²) in [7, 11) is 0. The first-order chi connectivity index (χ1) is 12.0. The van der Waals surface area contributed by atoms with Crippen LogP contribution in [0.5, 0.6) is 11.5 Å². The summed E-state index contributed by atoms with van der Waals surface area (Å²) in [5.74, 6) is -0.147. The molecule has 132 valence electrons. The molecule has 25 heavy (non-hydrogen) atoms. The Labute approximate surface area is 155 Å². The van der Waals surface area contributed by atoms with Crippen LogP contribution in [-0.4, -0.2) is 25.2 Å². The second kappa shape index (κ2) is 9.22. The molecular weight excluding hydrogens is 388 g/mol. The van der Waals surface area contributed by atoms with E-state index < -0.39 is 11.9 Å². The first-order valence-electron chi connectivity index (χ1n) is 7.96. The fourth-order valence-electron chi connectivity index (χ4n) is 2.04. The zero-order valence-corrected chi connectivity index (χ0v) is 15.7. The third-order valence-electron chi connectivity index (χ3n) is 3.20. The van der Waals surface area contributed by atoms with Gasteiger partial charge in [0.15, 0.2) is 0 Å². The molecule has 6 heteroatoms. The number of hydrogen-bond donors (Lipinski definition) is 0. The quantitative estimate of drug-likeness (QED) is 0.495. The Balaban J connectivity index is 2.10. The molecule has 0 aliphatic heterocycles. The summed E-state index contributed by atoms with van der Waals surface area (Å²) in [6, 6.07) is 11.4. The lowest BCUT2D eigenvalue weighted by molar-refractivity contribution is 0.0505. The van der Waals surface area contributed by atoms with Crippen molar-refractivity contribution in [3.05, 3.63) is 58.1 Å². The second-order valence-electron chi connectivity index (χ2n) is 5.12. The smallest absolute Gasteiger partial charge is 0.347 e. The fourth-order valence-corrected chi connectivity index (χ4v) is 2.40. The highest BCUT2D eigenvalue weighted by Gasteiger charge is 2.16. The minimum Gasteiger partial charge on any atom is -0.493 e. The van der Waals surface area contributed by atoms with Gasteiger partial charge < -0.3 is 14.2 Å². The number of ether oxygens (including phenoxy) is 3. The number of rotatable bonds is 7. The third-order valence-corrected chi connectivity index (χ3v) is 3.69. The molecule has 0 saturated carbocycles. The number of carbonyl (C=O) groups excluding carboxylic acids is 2. The van der Waals surface area contributed by atoms with E-state index in [1.807, 2.05) is 13.8 Å². The molecule has 0 unspecified atom stereocenters. The second-order valence-corrected chi connectivity index (χ2v) is 6.04. The summed E-state index contributed by atoms with van der Waals surface area (Å²) < 4.78 is 16.6. The van der Waals surface area contributed by atoms with Crippen molar-refractivity contribution >= 4 is 27.9 Å². The molecule has 5 nitrogen and oxygen atoms in total. The highest BCUT2D eigenvalue weighted by molar-refractivity contribution is 9.10. The number of carbonyl (C=O) groups is 2. The van der Waals surface area contributed by atoms with Crippen molar-refractivity contribution in [3.63, 3.8) is 0 Å². The predicted molar refractivity (Wildman–Crippen MR) is 97.3 cm³/mol. The largest absolute Gasteiger partial charge is 0.493 e. The Kier molecular flexibility index (Phi) is 7.01. The topological polar surface area (TPSA) is 61.8 Å². The van der Waals surface area contributed by atoms with Gasteiger partial charge in [-0.05, 0) is 55.8 Å². The maximum Gasteiger partial charge on any atom is 0.347 e. The zero-order chi connectivity index (χ0) is 18.2. The summed E-state index contributed by atoms with van der Waals surface area (Å²) in [6.07, 6.45) is 0.760. The maximum absolute atomic E-state index is 12.4. The molecule has 2 rings (SSSR count). The van der Waals surface area contributed by atoms with Crippen molar-refractivity contribution in [2.75, 3.05) is 13.2 Å². The van der Waals surface area contributed by atoms with E-state index in [4.69, 9.17) is 14.2 Å². The van der Waals surface area contributed by atoms with Gasteiger partial charge >= 0.3 is 11.9 Å². The normalized spacial score (nSPS) is 10.2. The summed E-state index contributed by atoms with van der Waals surface area (Å²) in [6.45, 7) is 4.58. The van der Waals surface area contributed by atoms with E-state index >= 15 is 0 Å². The van der Waals surface area contributed by atoms with Crippen molar-refractivity contribution in [1.29, 1.82) is 0 Å². The van der Waals surface area contributed by atoms with Crippen LogP contribution >= 0.6 is 15.9 Å². The SMILES string of the molecule is CCCOC(=O)c1ccc(OC(=O)c2cc(Br)ccc2OCC)cc1. The van der Waals surface area contributed by atoms with Crippen molar-refractivity contribution in [3.8, 4) is 11.5 Å². The number of hydrogen-bond acceptors (Lipinski definition) is 5. The Bertz CT molecular complexity index is 740.